The number of rotatable bonds is 9. The lowest BCUT2D eigenvalue weighted by molar-refractivity contribution is -0.132. The summed E-state index contributed by atoms with van der Waals surface area (Å²) in [5.41, 5.74) is 4.21. The van der Waals surface area contributed by atoms with Crippen molar-refractivity contribution in [3.63, 3.8) is 0 Å². The Balaban J connectivity index is 1.16. The van der Waals surface area contributed by atoms with Crippen LogP contribution in [0.15, 0.2) is 54.7 Å². The predicted octanol–water partition coefficient (Wildman–Crippen LogP) is 4.57. The quantitative estimate of drug-likeness (QED) is 0.537. The van der Waals surface area contributed by atoms with Gasteiger partial charge in [0.1, 0.15) is 0 Å². The van der Waals surface area contributed by atoms with Gasteiger partial charge in [0.05, 0.1) is 0 Å². The van der Waals surface area contributed by atoms with E-state index in [2.05, 4.69) is 34.7 Å². The van der Waals surface area contributed by atoms with Gasteiger partial charge >= 0.3 is 0 Å². The normalized spacial score (nSPS) is 15.7. The second kappa shape index (κ2) is 8.58. The number of carbonyl (C=O) groups excluding carboxylic acids is 2. The van der Waals surface area contributed by atoms with Gasteiger partial charge in [0.15, 0.2) is 0 Å². The van der Waals surface area contributed by atoms with Crippen LogP contribution in [0, 0.1) is 0 Å². The van der Waals surface area contributed by atoms with Crippen LogP contribution in [0.2, 0.25) is 0 Å². The molecule has 2 aromatic carbocycles. The molecule has 0 radical (unpaired) electrons. The number of benzene rings is 2. The summed E-state index contributed by atoms with van der Waals surface area (Å²) < 4.78 is 0. The van der Waals surface area contributed by atoms with Crippen LogP contribution in [-0.2, 0) is 17.8 Å². The first-order chi connectivity index (χ1) is 15.2. The molecule has 2 fully saturated rings. The van der Waals surface area contributed by atoms with E-state index in [0.717, 1.165) is 49.6 Å². The van der Waals surface area contributed by atoms with Gasteiger partial charge in [0, 0.05) is 47.7 Å². The number of nitrogens with one attached hydrogen (secondary N) is 2. The van der Waals surface area contributed by atoms with E-state index < -0.39 is 0 Å². The number of fused-ring (bicyclic) bond motifs is 1. The molecular weight excluding hydrogens is 386 g/mol. The van der Waals surface area contributed by atoms with E-state index in [9.17, 15) is 9.59 Å². The van der Waals surface area contributed by atoms with Gasteiger partial charge in [-0.3, -0.25) is 9.59 Å². The first kappa shape index (κ1) is 19.9. The molecule has 2 saturated carbocycles. The SMILES string of the molecule is O=C(NC1CC1)c1ccc(CN(C(=O)CCCc2c[nH]c3ccccc23)C2CC2)cc1. The number of aromatic amines is 1. The lowest BCUT2D eigenvalue weighted by Crippen LogP contribution is -2.32. The first-order valence-electron chi connectivity index (χ1n) is 11.4. The molecule has 5 rings (SSSR count). The second-order valence-corrected chi connectivity index (χ2v) is 8.91. The zero-order valence-corrected chi connectivity index (χ0v) is 17.8. The maximum absolute atomic E-state index is 13.0. The van der Waals surface area contributed by atoms with Gasteiger partial charge < -0.3 is 15.2 Å². The standard InChI is InChI=1S/C26H29N3O2/c30-25(7-3-4-20-16-27-24-6-2-1-5-23(20)24)29(22-14-15-22)17-18-8-10-19(11-9-18)26(31)28-21-12-13-21/h1-2,5-6,8-11,16,21-22,27H,3-4,7,12-15,17H2,(H,28,31). The average molecular weight is 416 g/mol. The molecule has 2 N–H and O–H groups in total. The summed E-state index contributed by atoms with van der Waals surface area (Å²) in [6.07, 6.45) is 8.74. The number of H-pyrrole nitrogens is 1. The fraction of sp³-hybridized carbons (Fsp3) is 0.385. The second-order valence-electron chi connectivity index (χ2n) is 8.91. The van der Waals surface area contributed by atoms with E-state index in [4.69, 9.17) is 0 Å². The Hall–Kier alpha value is -3.08. The molecule has 1 aromatic heterocycles. The largest absolute Gasteiger partial charge is 0.361 e. The minimum absolute atomic E-state index is 0.00135. The van der Waals surface area contributed by atoms with Gasteiger partial charge in [0.2, 0.25) is 5.91 Å². The molecule has 0 saturated heterocycles. The van der Waals surface area contributed by atoms with Crippen molar-refractivity contribution in [3.05, 3.63) is 71.4 Å². The van der Waals surface area contributed by atoms with Gasteiger partial charge in [-0.2, -0.15) is 0 Å². The van der Waals surface area contributed by atoms with Gasteiger partial charge in [-0.25, -0.2) is 0 Å². The average Bonchev–Trinajstić information content (AvgIpc) is 3.72. The van der Waals surface area contributed by atoms with Crippen molar-refractivity contribution in [2.75, 3.05) is 0 Å². The molecule has 31 heavy (non-hydrogen) atoms. The van der Waals surface area contributed by atoms with Crippen molar-refractivity contribution in [1.82, 2.24) is 15.2 Å². The number of aryl methyl sites for hydroxylation is 1. The molecule has 0 bridgehead atoms. The smallest absolute Gasteiger partial charge is 0.251 e. The predicted molar refractivity (Wildman–Crippen MR) is 122 cm³/mol. The van der Waals surface area contributed by atoms with E-state index in [1.165, 1.54) is 10.9 Å². The number of para-hydroxylation sites is 1. The third-order valence-electron chi connectivity index (χ3n) is 6.30. The Morgan fingerprint density at radius 2 is 1.77 bits per heavy atom. The molecule has 1 heterocycles. The molecule has 2 aliphatic carbocycles. The molecule has 5 heteroatoms. The number of nitrogens with zero attached hydrogens (tertiary/aromatic N) is 1. The fourth-order valence-electron chi connectivity index (χ4n) is 4.17. The van der Waals surface area contributed by atoms with Crippen LogP contribution in [0.5, 0.6) is 0 Å². The lowest BCUT2D eigenvalue weighted by Gasteiger charge is -2.23. The van der Waals surface area contributed by atoms with E-state index in [1.807, 2.05) is 35.2 Å². The highest BCUT2D eigenvalue weighted by atomic mass is 16.2. The molecular formula is C26H29N3O2. The Bertz CT molecular complexity index is 1080. The molecule has 0 atom stereocenters. The number of aromatic nitrogens is 1. The molecule has 0 unspecified atom stereocenters. The van der Waals surface area contributed by atoms with Crippen molar-refractivity contribution in [3.8, 4) is 0 Å². The minimum Gasteiger partial charge on any atom is -0.361 e. The zero-order chi connectivity index (χ0) is 21.2. The lowest BCUT2D eigenvalue weighted by atomic mass is 10.1. The maximum Gasteiger partial charge on any atom is 0.251 e. The third-order valence-corrected chi connectivity index (χ3v) is 6.30. The number of carbonyl (C=O) groups is 2. The first-order valence-corrected chi connectivity index (χ1v) is 11.4. The zero-order valence-electron chi connectivity index (χ0n) is 17.8. The summed E-state index contributed by atoms with van der Waals surface area (Å²) >= 11 is 0. The molecule has 0 aliphatic heterocycles. The van der Waals surface area contributed by atoms with Crippen LogP contribution in [0.25, 0.3) is 10.9 Å². The van der Waals surface area contributed by atoms with Crippen molar-refractivity contribution >= 4 is 22.7 Å². The van der Waals surface area contributed by atoms with Crippen LogP contribution in [-0.4, -0.2) is 33.8 Å². The monoisotopic (exact) mass is 415 g/mol. The Labute approximate surface area is 182 Å². The molecule has 5 nitrogen and oxygen atoms in total. The van der Waals surface area contributed by atoms with Crippen molar-refractivity contribution in [2.45, 2.75) is 63.6 Å². The van der Waals surface area contributed by atoms with Gasteiger partial charge in [-0.15, -0.1) is 0 Å². The highest BCUT2D eigenvalue weighted by molar-refractivity contribution is 5.94. The minimum atomic E-state index is 0.00135. The van der Waals surface area contributed by atoms with E-state index in [1.54, 1.807) is 0 Å². The Morgan fingerprint density at radius 1 is 1.00 bits per heavy atom. The van der Waals surface area contributed by atoms with Gasteiger partial charge in [-0.05, 0) is 67.9 Å². The van der Waals surface area contributed by atoms with Crippen molar-refractivity contribution in [2.24, 2.45) is 0 Å². The van der Waals surface area contributed by atoms with Crippen LogP contribution >= 0.6 is 0 Å². The van der Waals surface area contributed by atoms with E-state index >= 15 is 0 Å². The van der Waals surface area contributed by atoms with Crippen LogP contribution in [0.3, 0.4) is 0 Å². The van der Waals surface area contributed by atoms with Crippen LogP contribution in [0.4, 0.5) is 0 Å². The molecule has 3 aromatic rings. The molecule has 2 aliphatic rings. The molecule has 0 spiro atoms. The van der Waals surface area contributed by atoms with Crippen LogP contribution < -0.4 is 5.32 Å². The Morgan fingerprint density at radius 3 is 2.52 bits per heavy atom. The highest BCUT2D eigenvalue weighted by Gasteiger charge is 2.32. The third kappa shape index (κ3) is 4.82. The van der Waals surface area contributed by atoms with E-state index in [0.29, 0.717) is 30.6 Å². The van der Waals surface area contributed by atoms with Crippen molar-refractivity contribution < 1.29 is 9.59 Å². The summed E-state index contributed by atoms with van der Waals surface area (Å²) in [4.78, 5) is 30.5. The summed E-state index contributed by atoms with van der Waals surface area (Å²) in [5.74, 6) is 0.236. The molecule has 160 valence electrons. The number of hydrogen-bond donors (Lipinski definition) is 2. The number of hydrogen-bond acceptors (Lipinski definition) is 2. The summed E-state index contributed by atoms with van der Waals surface area (Å²) in [6.45, 7) is 0.626. The van der Waals surface area contributed by atoms with Crippen molar-refractivity contribution in [1.29, 1.82) is 0 Å². The fourth-order valence-corrected chi connectivity index (χ4v) is 4.17. The summed E-state index contributed by atoms with van der Waals surface area (Å²) in [7, 11) is 0. The summed E-state index contributed by atoms with van der Waals surface area (Å²) in [5, 5.41) is 4.27. The van der Waals surface area contributed by atoms with Gasteiger partial charge in [-0.1, -0.05) is 30.3 Å². The number of amides is 2. The maximum atomic E-state index is 13.0. The van der Waals surface area contributed by atoms with E-state index in [-0.39, 0.29) is 11.8 Å². The highest BCUT2D eigenvalue weighted by Crippen LogP contribution is 2.30. The summed E-state index contributed by atoms with van der Waals surface area (Å²) in [6, 6.07) is 16.8. The Kier molecular flexibility index (Phi) is 5.49. The van der Waals surface area contributed by atoms with Crippen LogP contribution in [0.1, 0.15) is 60.0 Å². The topological polar surface area (TPSA) is 65.2 Å². The molecule has 2 amide bonds. The van der Waals surface area contributed by atoms with Gasteiger partial charge in [0.25, 0.3) is 5.91 Å².